The van der Waals surface area contributed by atoms with Crippen molar-refractivity contribution in [1.82, 2.24) is 0 Å². The summed E-state index contributed by atoms with van der Waals surface area (Å²) in [5.74, 6) is 0. The van der Waals surface area contributed by atoms with E-state index in [2.05, 4.69) is 33.9 Å². The lowest BCUT2D eigenvalue weighted by molar-refractivity contribution is -0.484. The zero-order valence-corrected chi connectivity index (χ0v) is 24.8. The quantitative estimate of drug-likeness (QED) is 0.260. The van der Waals surface area contributed by atoms with Crippen molar-refractivity contribution in [3.05, 3.63) is 0 Å². The molecule has 5 aliphatic heterocycles. The fraction of sp³-hybridized carbons (Fsp3) is 1.00. The van der Waals surface area contributed by atoms with E-state index >= 15 is 0 Å². The maximum Gasteiger partial charge on any atom is 0.272 e. The summed E-state index contributed by atoms with van der Waals surface area (Å²) in [4.78, 5) is 0. The molecule has 220 valence electrons. The third kappa shape index (κ3) is 6.82. The monoisotopic (exact) mass is 560 g/mol. The van der Waals surface area contributed by atoms with Gasteiger partial charge in [0.15, 0.2) is 20.9 Å². The Labute approximate surface area is 228 Å². The number of hydrogen-bond acceptors (Lipinski definition) is 10. The van der Waals surface area contributed by atoms with Crippen LogP contribution in [0.15, 0.2) is 0 Å². The molecular formula is C27H48O10Si. The molecule has 0 aromatic carbocycles. The van der Waals surface area contributed by atoms with Gasteiger partial charge in [-0.3, -0.25) is 0 Å². The van der Waals surface area contributed by atoms with E-state index in [4.69, 9.17) is 47.1 Å². The van der Waals surface area contributed by atoms with Gasteiger partial charge in [0.25, 0.3) is 6.48 Å². The minimum Gasteiger partial charge on any atom is -0.408 e. The van der Waals surface area contributed by atoms with Gasteiger partial charge in [-0.1, -0.05) is 20.8 Å². The molecule has 6 fully saturated rings. The molecule has 0 spiro atoms. The van der Waals surface area contributed by atoms with Gasteiger partial charge < -0.3 is 47.1 Å². The Bertz CT molecular complexity index is 692. The van der Waals surface area contributed by atoms with E-state index in [1.165, 1.54) is 0 Å². The third-order valence-electron chi connectivity index (χ3n) is 8.66. The summed E-state index contributed by atoms with van der Waals surface area (Å²) in [5.41, 5.74) is 0. The summed E-state index contributed by atoms with van der Waals surface area (Å²) in [6, 6.07) is 0. The molecule has 0 aromatic rings. The summed E-state index contributed by atoms with van der Waals surface area (Å²) < 4.78 is 61.3. The minimum absolute atomic E-state index is 0.0343. The van der Waals surface area contributed by atoms with Gasteiger partial charge in [-0.15, -0.1) is 0 Å². The molecule has 6 rings (SSSR count). The molecule has 6 aliphatic rings. The maximum atomic E-state index is 6.91. The molecule has 5 unspecified atom stereocenters. The lowest BCUT2D eigenvalue weighted by atomic mass is 9.82. The van der Waals surface area contributed by atoms with Gasteiger partial charge in [-0.05, 0) is 56.7 Å². The zero-order valence-electron chi connectivity index (χ0n) is 23.8. The smallest absolute Gasteiger partial charge is 0.272 e. The van der Waals surface area contributed by atoms with Gasteiger partial charge in [0.2, 0.25) is 0 Å². The van der Waals surface area contributed by atoms with Crippen LogP contribution >= 0.6 is 0 Å². The molecule has 0 aromatic heterocycles. The molecule has 1 aliphatic carbocycles. The van der Waals surface area contributed by atoms with E-state index in [-0.39, 0.29) is 54.2 Å². The van der Waals surface area contributed by atoms with Crippen molar-refractivity contribution in [2.24, 2.45) is 0 Å². The van der Waals surface area contributed by atoms with Gasteiger partial charge in [0, 0.05) is 13.2 Å². The van der Waals surface area contributed by atoms with Crippen LogP contribution in [0.1, 0.15) is 59.3 Å². The Hall–Kier alpha value is -0.183. The maximum absolute atomic E-state index is 6.91. The first-order valence-electron chi connectivity index (χ1n) is 14.6. The summed E-state index contributed by atoms with van der Waals surface area (Å²) in [6.45, 7) is 13.7. The molecule has 9 atom stereocenters. The number of ether oxygens (including phenoxy) is 9. The molecule has 5 heterocycles. The summed E-state index contributed by atoms with van der Waals surface area (Å²) in [5, 5.41) is 0.0343. The largest absolute Gasteiger partial charge is 0.408 e. The Morgan fingerprint density at radius 3 is 1.50 bits per heavy atom. The van der Waals surface area contributed by atoms with Crippen LogP contribution in [0, 0.1) is 0 Å². The second-order valence-electron chi connectivity index (χ2n) is 12.4. The molecule has 0 N–H and O–H groups in total. The van der Waals surface area contributed by atoms with Gasteiger partial charge >= 0.3 is 0 Å². The van der Waals surface area contributed by atoms with E-state index in [0.717, 1.165) is 51.7 Å². The second-order valence-corrected chi connectivity index (χ2v) is 17.2. The van der Waals surface area contributed by atoms with E-state index in [0.29, 0.717) is 26.4 Å². The molecule has 0 amide bonds. The van der Waals surface area contributed by atoms with Crippen LogP contribution in [0.25, 0.3) is 0 Å². The highest BCUT2D eigenvalue weighted by Gasteiger charge is 2.64. The van der Waals surface area contributed by atoms with Gasteiger partial charge in [0.05, 0.1) is 26.4 Å². The average Bonchev–Trinajstić information content (AvgIpc) is 2.89. The second kappa shape index (κ2) is 12.8. The molecular weight excluding hydrogens is 512 g/mol. The summed E-state index contributed by atoms with van der Waals surface area (Å²) in [7, 11) is -2.14. The SMILES string of the molecule is CC(C)(C)[Si](C)(C)OC1[C@H]2OC3OC([C@H]2OCCOC2CCCCO2)[C@H](OCCOC2CCCCO2)[C@H]1O3. The molecule has 5 saturated heterocycles. The first-order valence-corrected chi connectivity index (χ1v) is 17.5. The van der Waals surface area contributed by atoms with Crippen molar-refractivity contribution in [2.75, 3.05) is 39.6 Å². The minimum atomic E-state index is -2.14. The first-order chi connectivity index (χ1) is 18.2. The van der Waals surface area contributed by atoms with E-state index < -0.39 is 14.8 Å². The normalized spacial score (nSPS) is 39.6. The Morgan fingerprint density at radius 1 is 0.632 bits per heavy atom. The third-order valence-corrected chi connectivity index (χ3v) is 13.1. The lowest BCUT2D eigenvalue weighted by Gasteiger charge is -2.60. The van der Waals surface area contributed by atoms with E-state index in [1.807, 2.05) is 0 Å². The lowest BCUT2D eigenvalue weighted by Crippen LogP contribution is -2.77. The number of hydrogen-bond donors (Lipinski definition) is 0. The van der Waals surface area contributed by atoms with Gasteiger partial charge in [-0.25, -0.2) is 0 Å². The first kappa shape index (κ1) is 29.3. The Morgan fingerprint density at radius 2 is 1.08 bits per heavy atom. The van der Waals surface area contributed by atoms with Crippen molar-refractivity contribution < 1.29 is 47.1 Å². The predicted molar refractivity (Wildman–Crippen MR) is 139 cm³/mol. The van der Waals surface area contributed by atoms with Crippen LogP contribution in [-0.2, 0) is 47.1 Å². The fourth-order valence-electron chi connectivity index (χ4n) is 5.51. The topological polar surface area (TPSA) is 92.3 Å². The van der Waals surface area contributed by atoms with Crippen LogP contribution in [0.2, 0.25) is 18.1 Å². The van der Waals surface area contributed by atoms with Crippen molar-refractivity contribution >= 4 is 8.32 Å². The summed E-state index contributed by atoms with van der Waals surface area (Å²) >= 11 is 0. The van der Waals surface area contributed by atoms with Crippen LogP contribution in [-0.4, -0.2) is 104 Å². The fourth-order valence-corrected chi connectivity index (χ4v) is 6.81. The highest BCUT2D eigenvalue weighted by Crippen LogP contribution is 2.46. The summed E-state index contributed by atoms with van der Waals surface area (Å²) in [6.07, 6.45) is 4.05. The van der Waals surface area contributed by atoms with Gasteiger partial charge in [-0.2, -0.15) is 0 Å². The Balaban J connectivity index is 1.22. The van der Waals surface area contributed by atoms with Crippen molar-refractivity contribution in [3.8, 4) is 0 Å². The van der Waals surface area contributed by atoms with E-state index in [9.17, 15) is 0 Å². The predicted octanol–water partition coefficient (Wildman–Crippen LogP) is 3.71. The van der Waals surface area contributed by atoms with Crippen molar-refractivity contribution in [2.45, 2.75) is 133 Å². The molecule has 38 heavy (non-hydrogen) atoms. The Kier molecular flexibility index (Phi) is 9.85. The van der Waals surface area contributed by atoms with Crippen LogP contribution in [0.5, 0.6) is 0 Å². The molecule has 11 heteroatoms. The highest BCUT2D eigenvalue weighted by molar-refractivity contribution is 6.74. The average molecular weight is 561 g/mol. The molecule has 1 saturated carbocycles. The number of rotatable bonds is 12. The highest BCUT2D eigenvalue weighted by atomic mass is 28.4. The van der Waals surface area contributed by atoms with Crippen molar-refractivity contribution in [1.29, 1.82) is 0 Å². The van der Waals surface area contributed by atoms with Crippen LogP contribution in [0.4, 0.5) is 0 Å². The van der Waals surface area contributed by atoms with Crippen LogP contribution < -0.4 is 0 Å². The zero-order chi connectivity index (χ0) is 26.8. The van der Waals surface area contributed by atoms with Crippen molar-refractivity contribution in [3.63, 3.8) is 0 Å². The standard InChI is InChI=1S/C27H48O10Si/c1-27(2,3)38(4,5)37-25-23-20(32-16-14-30-18-10-6-8-12-28-18)22-21(24(25)36-26(34-22)35-23)33-17-15-31-19-11-7-9-13-29-19/h18-26H,6-17H2,1-5H3/t18?,19?,20-,21+,22?,23+,24-,25?,26?. The van der Waals surface area contributed by atoms with Gasteiger partial charge in [0.1, 0.15) is 36.6 Å². The van der Waals surface area contributed by atoms with E-state index in [1.54, 1.807) is 0 Å². The molecule has 0 radical (unpaired) electrons. The molecule has 10 nitrogen and oxygen atoms in total. The van der Waals surface area contributed by atoms with Crippen LogP contribution in [0.3, 0.4) is 0 Å². The molecule has 4 bridgehead atoms.